The van der Waals surface area contributed by atoms with Gasteiger partial charge < -0.3 is 10.4 Å². The lowest BCUT2D eigenvalue weighted by molar-refractivity contribution is -0.138. The number of hydrogen-bond donors (Lipinski definition) is 2. The highest BCUT2D eigenvalue weighted by Gasteiger charge is 2.17. The second kappa shape index (κ2) is 5.29. The molecule has 0 saturated heterocycles. The molecular formula is C11H12INO3. The summed E-state index contributed by atoms with van der Waals surface area (Å²) in [5, 5.41) is 11.1. The minimum atomic E-state index is -1.05. The molecule has 1 rings (SSSR count). The maximum absolute atomic E-state index is 11.8. The van der Waals surface area contributed by atoms with E-state index in [1.54, 1.807) is 12.1 Å². The predicted molar refractivity (Wildman–Crippen MR) is 68.5 cm³/mol. The Bertz CT molecular complexity index is 431. The molecule has 1 atom stereocenters. The number of rotatable bonds is 3. The number of hydrogen-bond acceptors (Lipinski definition) is 2. The molecule has 1 aromatic rings. The number of benzene rings is 1. The molecule has 0 spiro atoms. The van der Waals surface area contributed by atoms with E-state index >= 15 is 0 Å². The molecule has 1 amide bonds. The van der Waals surface area contributed by atoms with Gasteiger partial charge in [0.1, 0.15) is 6.04 Å². The number of halogens is 1. The summed E-state index contributed by atoms with van der Waals surface area (Å²) in [7, 11) is 0. The van der Waals surface area contributed by atoms with Crippen LogP contribution in [0.1, 0.15) is 22.8 Å². The van der Waals surface area contributed by atoms with Gasteiger partial charge in [0.05, 0.1) is 5.56 Å². The molecule has 0 radical (unpaired) electrons. The van der Waals surface area contributed by atoms with Crippen LogP contribution < -0.4 is 5.32 Å². The Morgan fingerprint density at radius 1 is 1.44 bits per heavy atom. The molecule has 4 nitrogen and oxygen atoms in total. The summed E-state index contributed by atoms with van der Waals surface area (Å²) in [6.45, 7) is 3.34. The van der Waals surface area contributed by atoms with Gasteiger partial charge in [0.25, 0.3) is 5.91 Å². The zero-order valence-corrected chi connectivity index (χ0v) is 11.1. The lowest BCUT2D eigenvalue weighted by Gasteiger charge is -2.11. The van der Waals surface area contributed by atoms with Crippen LogP contribution in [-0.4, -0.2) is 23.0 Å². The second-order valence-corrected chi connectivity index (χ2v) is 4.55. The van der Waals surface area contributed by atoms with Crippen LogP contribution in [0.5, 0.6) is 0 Å². The fourth-order valence-electron chi connectivity index (χ4n) is 1.16. The molecule has 16 heavy (non-hydrogen) atoms. The highest BCUT2D eigenvalue weighted by atomic mass is 127. The van der Waals surface area contributed by atoms with Crippen molar-refractivity contribution in [1.82, 2.24) is 5.32 Å². The largest absolute Gasteiger partial charge is 0.480 e. The summed E-state index contributed by atoms with van der Waals surface area (Å²) in [5.74, 6) is -1.40. The van der Waals surface area contributed by atoms with Gasteiger partial charge >= 0.3 is 5.97 Å². The summed E-state index contributed by atoms with van der Waals surface area (Å²) in [4.78, 5) is 22.4. The van der Waals surface area contributed by atoms with Crippen LogP contribution in [0, 0.1) is 10.5 Å². The molecule has 0 bridgehead atoms. The molecule has 0 aromatic heterocycles. The van der Waals surface area contributed by atoms with Crippen molar-refractivity contribution in [2.45, 2.75) is 19.9 Å². The average Bonchev–Trinajstić information content (AvgIpc) is 2.21. The van der Waals surface area contributed by atoms with Crippen LogP contribution in [0.2, 0.25) is 0 Å². The highest BCUT2D eigenvalue weighted by Crippen LogP contribution is 2.16. The van der Waals surface area contributed by atoms with Gasteiger partial charge in [-0.2, -0.15) is 0 Å². The predicted octanol–water partition coefficient (Wildman–Crippen LogP) is 1.80. The van der Waals surface area contributed by atoms with E-state index in [4.69, 9.17) is 5.11 Å². The fourth-order valence-corrected chi connectivity index (χ4v) is 1.76. The Balaban J connectivity index is 2.89. The number of carbonyl (C=O) groups is 2. The number of carbonyl (C=O) groups excluding carboxylic acids is 1. The first-order valence-corrected chi connectivity index (χ1v) is 5.80. The quantitative estimate of drug-likeness (QED) is 0.829. The van der Waals surface area contributed by atoms with E-state index in [1.807, 2.05) is 13.0 Å². The first kappa shape index (κ1) is 13.0. The Hall–Kier alpha value is -1.11. The zero-order chi connectivity index (χ0) is 12.3. The molecule has 0 aliphatic heterocycles. The van der Waals surface area contributed by atoms with Crippen molar-refractivity contribution in [3.05, 3.63) is 32.9 Å². The van der Waals surface area contributed by atoms with Crippen molar-refractivity contribution in [2.24, 2.45) is 0 Å². The SMILES string of the molecule is Cc1cccc(C(=O)NC(C)C(=O)O)c1I. The van der Waals surface area contributed by atoms with E-state index in [-0.39, 0.29) is 5.91 Å². The third-order valence-corrected chi connectivity index (χ3v) is 3.59. The highest BCUT2D eigenvalue weighted by molar-refractivity contribution is 14.1. The van der Waals surface area contributed by atoms with Gasteiger partial charge in [-0.25, -0.2) is 0 Å². The first-order chi connectivity index (χ1) is 7.43. The van der Waals surface area contributed by atoms with Gasteiger partial charge in [-0.1, -0.05) is 12.1 Å². The van der Waals surface area contributed by atoms with Crippen LogP contribution in [-0.2, 0) is 4.79 Å². The number of carboxylic acids is 1. The number of amides is 1. The molecule has 0 aliphatic carbocycles. The Labute approximate surface area is 107 Å². The molecule has 86 valence electrons. The minimum absolute atomic E-state index is 0.358. The molecule has 1 aromatic carbocycles. The average molecular weight is 333 g/mol. The summed E-state index contributed by atoms with van der Waals surface area (Å²) < 4.78 is 0.843. The van der Waals surface area contributed by atoms with Gasteiger partial charge in [0.15, 0.2) is 0 Å². The Morgan fingerprint density at radius 2 is 2.06 bits per heavy atom. The third-order valence-electron chi connectivity index (χ3n) is 2.15. The molecule has 0 saturated carbocycles. The zero-order valence-electron chi connectivity index (χ0n) is 8.95. The van der Waals surface area contributed by atoms with Crippen LogP contribution >= 0.6 is 22.6 Å². The van der Waals surface area contributed by atoms with Crippen LogP contribution in [0.3, 0.4) is 0 Å². The molecule has 5 heteroatoms. The summed E-state index contributed by atoms with van der Waals surface area (Å²) in [6, 6.07) is 4.47. The van der Waals surface area contributed by atoms with Gasteiger partial charge in [-0.3, -0.25) is 9.59 Å². The monoisotopic (exact) mass is 333 g/mol. The Kier molecular flexibility index (Phi) is 4.28. The maximum atomic E-state index is 11.8. The van der Waals surface area contributed by atoms with E-state index < -0.39 is 12.0 Å². The van der Waals surface area contributed by atoms with Gasteiger partial charge in [-0.05, 0) is 48.1 Å². The topological polar surface area (TPSA) is 66.4 Å². The lowest BCUT2D eigenvalue weighted by Crippen LogP contribution is -2.38. The van der Waals surface area contributed by atoms with Crippen molar-refractivity contribution < 1.29 is 14.7 Å². The third kappa shape index (κ3) is 2.94. The van der Waals surface area contributed by atoms with Crippen LogP contribution in [0.4, 0.5) is 0 Å². The molecule has 0 fully saturated rings. The molecule has 2 N–H and O–H groups in total. The van der Waals surface area contributed by atoms with Crippen molar-refractivity contribution in [3.8, 4) is 0 Å². The number of nitrogens with one attached hydrogen (secondary N) is 1. The standard InChI is InChI=1S/C11H12INO3/c1-6-4-3-5-8(9(6)12)10(14)13-7(2)11(15)16/h3-5,7H,1-2H3,(H,13,14)(H,15,16). The summed E-state index contributed by atoms with van der Waals surface area (Å²) >= 11 is 2.08. The number of carboxylic acid groups (broad SMARTS) is 1. The summed E-state index contributed by atoms with van der Waals surface area (Å²) in [6.07, 6.45) is 0. The molecule has 0 heterocycles. The van der Waals surface area contributed by atoms with Crippen LogP contribution in [0.25, 0.3) is 0 Å². The minimum Gasteiger partial charge on any atom is -0.480 e. The molecule has 1 unspecified atom stereocenters. The van der Waals surface area contributed by atoms with Crippen LogP contribution in [0.15, 0.2) is 18.2 Å². The van der Waals surface area contributed by atoms with E-state index in [0.717, 1.165) is 9.13 Å². The smallest absolute Gasteiger partial charge is 0.325 e. The maximum Gasteiger partial charge on any atom is 0.325 e. The van der Waals surface area contributed by atoms with Crippen molar-refractivity contribution in [2.75, 3.05) is 0 Å². The molecular weight excluding hydrogens is 321 g/mol. The van der Waals surface area contributed by atoms with Gasteiger partial charge in [0, 0.05) is 3.57 Å². The lowest BCUT2D eigenvalue weighted by atomic mass is 10.1. The van der Waals surface area contributed by atoms with Crippen molar-refractivity contribution >= 4 is 34.5 Å². The molecule has 0 aliphatic rings. The normalized spacial score (nSPS) is 11.9. The van der Waals surface area contributed by atoms with E-state index in [1.165, 1.54) is 6.92 Å². The van der Waals surface area contributed by atoms with E-state index in [2.05, 4.69) is 27.9 Å². The number of aliphatic carboxylic acids is 1. The summed E-state index contributed by atoms with van der Waals surface area (Å²) in [5.41, 5.74) is 1.50. The van der Waals surface area contributed by atoms with E-state index in [0.29, 0.717) is 5.56 Å². The van der Waals surface area contributed by atoms with E-state index in [9.17, 15) is 9.59 Å². The fraction of sp³-hybridized carbons (Fsp3) is 0.273. The van der Waals surface area contributed by atoms with Crippen molar-refractivity contribution in [3.63, 3.8) is 0 Å². The van der Waals surface area contributed by atoms with Gasteiger partial charge in [0.2, 0.25) is 0 Å². The van der Waals surface area contributed by atoms with Crippen molar-refractivity contribution in [1.29, 1.82) is 0 Å². The second-order valence-electron chi connectivity index (χ2n) is 3.47. The number of aryl methyl sites for hydroxylation is 1. The first-order valence-electron chi connectivity index (χ1n) is 4.72. The van der Waals surface area contributed by atoms with Gasteiger partial charge in [-0.15, -0.1) is 0 Å². The Morgan fingerprint density at radius 3 is 2.62 bits per heavy atom.